The Labute approximate surface area is 101 Å². The van der Waals surface area contributed by atoms with Crippen molar-refractivity contribution < 1.29 is 4.21 Å². The highest BCUT2D eigenvalue weighted by Crippen LogP contribution is 2.19. The van der Waals surface area contributed by atoms with Gasteiger partial charge < -0.3 is 5.32 Å². The predicted molar refractivity (Wildman–Crippen MR) is 70.3 cm³/mol. The summed E-state index contributed by atoms with van der Waals surface area (Å²) in [7, 11) is -0.715. The van der Waals surface area contributed by atoms with Crippen molar-refractivity contribution in [2.24, 2.45) is 0 Å². The number of hydrogen-bond acceptors (Lipinski definition) is 4. The summed E-state index contributed by atoms with van der Waals surface area (Å²) in [5, 5.41) is 5.31. The van der Waals surface area contributed by atoms with Gasteiger partial charge in [-0.3, -0.25) is 9.19 Å². The molecule has 0 aliphatic heterocycles. The molecule has 0 aliphatic rings. The van der Waals surface area contributed by atoms with Crippen molar-refractivity contribution in [2.75, 3.05) is 18.6 Å². The number of aromatic nitrogens is 1. The maximum absolute atomic E-state index is 10.9. The van der Waals surface area contributed by atoms with Gasteiger partial charge in [0.05, 0.1) is 10.2 Å². The Hall–Kier alpha value is -0.780. The molecule has 1 atom stereocenters. The number of fused-ring (bicyclic) bond motifs is 1. The van der Waals surface area contributed by atoms with Gasteiger partial charge in [-0.15, -0.1) is 11.3 Å². The first-order valence-electron chi connectivity index (χ1n) is 5.08. The third-order valence-corrected chi connectivity index (χ3v) is 3.89. The van der Waals surface area contributed by atoms with Crippen LogP contribution in [0.2, 0.25) is 0 Å². The van der Waals surface area contributed by atoms with Gasteiger partial charge in [-0.25, -0.2) is 0 Å². The highest BCUT2D eigenvalue weighted by Gasteiger charge is 1.99. The second kappa shape index (κ2) is 5.52. The average molecular weight is 254 g/mol. The van der Waals surface area contributed by atoms with E-state index >= 15 is 0 Å². The van der Waals surface area contributed by atoms with E-state index in [2.05, 4.69) is 21.7 Å². The van der Waals surface area contributed by atoms with Crippen LogP contribution in [0.25, 0.3) is 10.2 Å². The molecule has 0 fully saturated rings. The Bertz CT molecular complexity index is 495. The van der Waals surface area contributed by atoms with Gasteiger partial charge in [-0.2, -0.15) is 0 Å². The highest BCUT2D eigenvalue weighted by molar-refractivity contribution is 7.84. The summed E-state index contributed by atoms with van der Waals surface area (Å²) in [6.45, 7) is 1.57. The van der Waals surface area contributed by atoms with Gasteiger partial charge in [-0.05, 0) is 23.1 Å². The number of hydrogen-bond donors (Lipinski definition) is 1. The Morgan fingerprint density at radius 1 is 1.56 bits per heavy atom. The minimum Gasteiger partial charge on any atom is -0.312 e. The van der Waals surface area contributed by atoms with Gasteiger partial charge in [0.1, 0.15) is 0 Å². The fourth-order valence-electron chi connectivity index (χ4n) is 1.43. The fraction of sp³-hybridized carbons (Fsp3) is 0.364. The van der Waals surface area contributed by atoms with Crippen molar-refractivity contribution in [1.82, 2.24) is 10.3 Å². The third kappa shape index (κ3) is 3.10. The quantitative estimate of drug-likeness (QED) is 0.827. The summed E-state index contributed by atoms with van der Waals surface area (Å²) in [6.07, 6.45) is 3.62. The summed E-state index contributed by atoms with van der Waals surface area (Å²) in [5.74, 6) is 0.703. The van der Waals surface area contributed by atoms with Crippen molar-refractivity contribution in [3.05, 3.63) is 29.3 Å². The number of thiophene rings is 1. The van der Waals surface area contributed by atoms with E-state index in [1.165, 1.54) is 10.3 Å². The van der Waals surface area contributed by atoms with Gasteiger partial charge in [0.25, 0.3) is 0 Å². The lowest BCUT2D eigenvalue weighted by Gasteiger charge is -2.03. The summed E-state index contributed by atoms with van der Waals surface area (Å²) in [6, 6.07) is 4.18. The number of rotatable bonds is 5. The minimum atomic E-state index is -0.715. The predicted octanol–water partition coefficient (Wildman–Crippen LogP) is 1.76. The number of nitrogens with zero attached hydrogens (tertiary/aromatic N) is 1. The van der Waals surface area contributed by atoms with Crippen molar-refractivity contribution in [3.8, 4) is 0 Å². The molecule has 0 saturated carbocycles. The maximum Gasteiger partial charge on any atom is 0.0809 e. The molecule has 1 unspecified atom stereocenters. The summed E-state index contributed by atoms with van der Waals surface area (Å²) in [5.41, 5.74) is 2.24. The summed E-state index contributed by atoms with van der Waals surface area (Å²) in [4.78, 5) is 4.37. The van der Waals surface area contributed by atoms with Gasteiger partial charge in [0.15, 0.2) is 0 Å². The van der Waals surface area contributed by atoms with Crippen LogP contribution in [0.4, 0.5) is 0 Å². The molecule has 0 radical (unpaired) electrons. The second-order valence-corrected chi connectivity index (χ2v) is 6.10. The first-order chi connectivity index (χ1) is 7.75. The van der Waals surface area contributed by atoms with Crippen molar-refractivity contribution in [3.63, 3.8) is 0 Å². The molecule has 0 spiro atoms. The Morgan fingerprint density at radius 3 is 3.25 bits per heavy atom. The zero-order chi connectivity index (χ0) is 11.4. The average Bonchev–Trinajstić information content (AvgIpc) is 2.71. The van der Waals surface area contributed by atoms with E-state index in [-0.39, 0.29) is 0 Å². The first kappa shape index (κ1) is 11.7. The van der Waals surface area contributed by atoms with E-state index < -0.39 is 10.8 Å². The van der Waals surface area contributed by atoms with Crippen LogP contribution in [-0.2, 0) is 17.3 Å². The standard InChI is InChI=1S/C11H14N2OS2/c1-16(14)5-3-12-7-9-6-11-10(13-8-9)2-4-15-11/h2,4,6,8,12H,3,5,7H2,1H3. The Morgan fingerprint density at radius 2 is 2.44 bits per heavy atom. The zero-order valence-electron chi connectivity index (χ0n) is 9.10. The van der Waals surface area contributed by atoms with E-state index in [4.69, 9.17) is 0 Å². The van der Waals surface area contributed by atoms with E-state index in [9.17, 15) is 4.21 Å². The molecule has 5 heteroatoms. The van der Waals surface area contributed by atoms with Gasteiger partial charge >= 0.3 is 0 Å². The van der Waals surface area contributed by atoms with Crippen molar-refractivity contribution in [1.29, 1.82) is 0 Å². The monoisotopic (exact) mass is 254 g/mol. The third-order valence-electron chi connectivity index (χ3n) is 2.25. The van der Waals surface area contributed by atoms with E-state index in [1.54, 1.807) is 17.6 Å². The lowest BCUT2D eigenvalue weighted by molar-refractivity contribution is 0.676. The molecule has 0 bridgehead atoms. The van der Waals surface area contributed by atoms with Crippen LogP contribution in [0.15, 0.2) is 23.7 Å². The molecular formula is C11H14N2OS2. The minimum absolute atomic E-state index is 0.703. The fourth-order valence-corrected chi connectivity index (χ4v) is 2.67. The molecule has 2 aromatic heterocycles. The normalized spacial score (nSPS) is 13.1. The molecule has 16 heavy (non-hydrogen) atoms. The van der Waals surface area contributed by atoms with E-state index in [0.717, 1.165) is 18.6 Å². The van der Waals surface area contributed by atoms with Crippen LogP contribution in [0, 0.1) is 0 Å². The molecule has 2 rings (SSSR count). The second-order valence-electron chi connectivity index (χ2n) is 3.60. The van der Waals surface area contributed by atoms with E-state index in [0.29, 0.717) is 5.75 Å². The Kier molecular flexibility index (Phi) is 4.04. The van der Waals surface area contributed by atoms with Crippen LogP contribution in [0.5, 0.6) is 0 Å². The lowest BCUT2D eigenvalue weighted by Crippen LogP contribution is -2.19. The number of pyridine rings is 1. The number of nitrogens with one attached hydrogen (secondary N) is 1. The molecule has 0 aromatic carbocycles. The summed E-state index contributed by atoms with van der Waals surface area (Å²) >= 11 is 1.71. The molecule has 3 nitrogen and oxygen atoms in total. The highest BCUT2D eigenvalue weighted by atomic mass is 32.2. The van der Waals surface area contributed by atoms with Gasteiger partial charge in [-0.1, -0.05) is 0 Å². The smallest absolute Gasteiger partial charge is 0.0809 e. The molecule has 0 aliphatic carbocycles. The Balaban J connectivity index is 1.91. The largest absolute Gasteiger partial charge is 0.312 e. The van der Waals surface area contributed by atoms with Crippen LogP contribution in [0.1, 0.15) is 5.56 Å². The maximum atomic E-state index is 10.9. The van der Waals surface area contributed by atoms with Crippen molar-refractivity contribution >= 4 is 32.4 Å². The van der Waals surface area contributed by atoms with Crippen LogP contribution < -0.4 is 5.32 Å². The SMILES string of the molecule is CS(=O)CCNCc1cnc2ccsc2c1. The van der Waals surface area contributed by atoms with Crippen LogP contribution >= 0.6 is 11.3 Å². The molecule has 0 amide bonds. The molecule has 2 aromatic rings. The molecule has 2 heterocycles. The van der Waals surface area contributed by atoms with Crippen LogP contribution in [-0.4, -0.2) is 27.7 Å². The zero-order valence-corrected chi connectivity index (χ0v) is 10.7. The molecular weight excluding hydrogens is 240 g/mol. The van der Waals surface area contributed by atoms with Crippen molar-refractivity contribution in [2.45, 2.75) is 6.54 Å². The van der Waals surface area contributed by atoms with E-state index in [1.807, 2.05) is 12.3 Å². The molecule has 0 saturated heterocycles. The topological polar surface area (TPSA) is 42.0 Å². The van der Waals surface area contributed by atoms with Crippen LogP contribution in [0.3, 0.4) is 0 Å². The van der Waals surface area contributed by atoms with Gasteiger partial charge in [0, 0.05) is 42.1 Å². The first-order valence-corrected chi connectivity index (χ1v) is 7.69. The molecule has 86 valence electrons. The van der Waals surface area contributed by atoms with Gasteiger partial charge in [0.2, 0.25) is 0 Å². The molecule has 1 N–H and O–H groups in total. The lowest BCUT2D eigenvalue weighted by atomic mass is 10.2. The summed E-state index contributed by atoms with van der Waals surface area (Å²) < 4.78 is 12.1.